The maximum Gasteiger partial charge on any atom is 0.256 e. The van der Waals surface area contributed by atoms with Gasteiger partial charge in [0.25, 0.3) is 5.56 Å². The lowest BCUT2D eigenvalue weighted by atomic mass is 9.90. The number of unbranched alkanes of at least 4 members (excludes halogenated alkanes) is 1. The molecule has 9 heteroatoms. The molecule has 0 saturated carbocycles. The fraction of sp³-hybridized carbons (Fsp3) is 0.350. The molecule has 0 bridgehead atoms. The van der Waals surface area contributed by atoms with Gasteiger partial charge in [0.15, 0.2) is 0 Å². The highest BCUT2D eigenvalue weighted by atomic mass is 35.5. The van der Waals surface area contributed by atoms with Crippen molar-refractivity contribution in [2.45, 2.75) is 38.1 Å². The molecule has 150 valence electrons. The van der Waals surface area contributed by atoms with Gasteiger partial charge in [-0.2, -0.15) is 5.26 Å². The molecule has 3 N–H and O–H groups in total. The second-order valence-electron chi connectivity index (χ2n) is 6.95. The van der Waals surface area contributed by atoms with Gasteiger partial charge in [0.2, 0.25) is 11.8 Å². The van der Waals surface area contributed by atoms with E-state index in [0.717, 1.165) is 5.56 Å². The quantitative estimate of drug-likeness (QED) is 0.552. The fourth-order valence-corrected chi connectivity index (χ4v) is 3.59. The molecule has 0 fully saturated rings. The van der Waals surface area contributed by atoms with Crippen LogP contribution in [0.1, 0.15) is 42.9 Å². The SMILES string of the molecule is N#CCCCC1CN(C(=O)CC(N)=O)Cc2c1nc(-c1ccc(Cl)cc1)[nH]c2=O. The van der Waals surface area contributed by atoms with Crippen LogP contribution in [-0.2, 0) is 16.1 Å². The number of rotatable bonds is 6. The first-order valence-electron chi connectivity index (χ1n) is 9.21. The van der Waals surface area contributed by atoms with Crippen molar-refractivity contribution >= 4 is 23.4 Å². The summed E-state index contributed by atoms with van der Waals surface area (Å²) < 4.78 is 0. The summed E-state index contributed by atoms with van der Waals surface area (Å²) in [5.41, 5.74) is 6.55. The minimum absolute atomic E-state index is 0.0689. The Hall–Kier alpha value is -3.18. The number of aromatic nitrogens is 2. The first-order valence-corrected chi connectivity index (χ1v) is 9.59. The van der Waals surface area contributed by atoms with E-state index in [0.29, 0.717) is 47.9 Å². The molecule has 2 heterocycles. The predicted octanol–water partition coefficient (Wildman–Crippen LogP) is 2.09. The number of H-pyrrole nitrogens is 1. The molecule has 1 aliphatic rings. The number of nitrogens with one attached hydrogen (secondary N) is 1. The Morgan fingerprint density at radius 2 is 2.07 bits per heavy atom. The lowest BCUT2D eigenvalue weighted by Crippen LogP contribution is -2.43. The Kier molecular flexibility index (Phi) is 6.29. The average molecular weight is 414 g/mol. The molecule has 3 rings (SSSR count). The van der Waals surface area contributed by atoms with E-state index >= 15 is 0 Å². The van der Waals surface area contributed by atoms with Crippen LogP contribution in [0.5, 0.6) is 0 Å². The third-order valence-electron chi connectivity index (χ3n) is 4.86. The van der Waals surface area contributed by atoms with Crippen molar-refractivity contribution in [2.24, 2.45) is 5.73 Å². The lowest BCUT2D eigenvalue weighted by Gasteiger charge is -2.33. The summed E-state index contributed by atoms with van der Waals surface area (Å²) in [7, 11) is 0. The van der Waals surface area contributed by atoms with E-state index in [9.17, 15) is 14.4 Å². The van der Waals surface area contributed by atoms with Gasteiger partial charge >= 0.3 is 0 Å². The number of nitrogens with zero attached hydrogens (tertiary/aromatic N) is 3. The van der Waals surface area contributed by atoms with E-state index in [4.69, 9.17) is 22.6 Å². The molecule has 8 nitrogen and oxygen atoms in total. The third-order valence-corrected chi connectivity index (χ3v) is 5.11. The van der Waals surface area contributed by atoms with Gasteiger partial charge in [-0.25, -0.2) is 4.98 Å². The van der Waals surface area contributed by atoms with Gasteiger partial charge in [0.05, 0.1) is 23.9 Å². The first-order chi connectivity index (χ1) is 13.9. The first kappa shape index (κ1) is 20.6. The number of halogens is 1. The minimum atomic E-state index is -0.716. The van der Waals surface area contributed by atoms with Gasteiger partial charge in [0, 0.05) is 29.5 Å². The van der Waals surface area contributed by atoms with Gasteiger partial charge < -0.3 is 15.6 Å². The number of aromatic amines is 1. The van der Waals surface area contributed by atoms with Crippen molar-refractivity contribution in [3.8, 4) is 17.5 Å². The van der Waals surface area contributed by atoms with Crippen LogP contribution >= 0.6 is 11.6 Å². The highest BCUT2D eigenvalue weighted by Gasteiger charge is 2.32. The van der Waals surface area contributed by atoms with E-state index in [1.165, 1.54) is 4.90 Å². The van der Waals surface area contributed by atoms with Crippen molar-refractivity contribution in [1.29, 1.82) is 5.26 Å². The Morgan fingerprint density at radius 1 is 1.34 bits per heavy atom. The standard InChI is InChI=1S/C20H20ClN5O3/c21-14-6-4-12(5-7-14)19-24-18-13(3-1-2-8-22)10-26(17(28)9-16(23)27)11-15(18)20(29)25-19/h4-7,13H,1-3,9-11H2,(H2,23,27)(H,24,25,29). The number of nitriles is 1. The summed E-state index contributed by atoms with van der Waals surface area (Å²) in [6.45, 7) is 0.389. The van der Waals surface area contributed by atoms with Gasteiger partial charge in [-0.3, -0.25) is 14.4 Å². The van der Waals surface area contributed by atoms with Gasteiger partial charge in [0.1, 0.15) is 12.2 Å². The van der Waals surface area contributed by atoms with Crippen LogP contribution in [-0.4, -0.2) is 33.2 Å². The van der Waals surface area contributed by atoms with Crippen molar-refractivity contribution in [3.63, 3.8) is 0 Å². The van der Waals surface area contributed by atoms with Gasteiger partial charge in [-0.15, -0.1) is 0 Å². The number of nitrogens with two attached hydrogens (primary N) is 1. The zero-order chi connectivity index (χ0) is 21.0. The summed E-state index contributed by atoms with van der Waals surface area (Å²) in [5, 5.41) is 9.42. The maximum atomic E-state index is 12.8. The number of hydrogen-bond acceptors (Lipinski definition) is 5. The Morgan fingerprint density at radius 3 is 2.72 bits per heavy atom. The summed E-state index contributed by atoms with van der Waals surface area (Å²) in [5.74, 6) is -0.925. The number of benzene rings is 1. The van der Waals surface area contributed by atoms with Crippen LogP contribution in [0.25, 0.3) is 11.4 Å². The molecule has 1 aliphatic heterocycles. The Bertz CT molecular complexity index is 1030. The van der Waals surface area contributed by atoms with Crippen molar-refractivity contribution in [3.05, 3.63) is 50.9 Å². The predicted molar refractivity (Wildman–Crippen MR) is 107 cm³/mol. The number of fused-ring (bicyclic) bond motifs is 1. The van der Waals surface area contributed by atoms with Crippen LogP contribution in [0.4, 0.5) is 0 Å². The highest BCUT2D eigenvalue weighted by molar-refractivity contribution is 6.30. The minimum Gasteiger partial charge on any atom is -0.369 e. The topological polar surface area (TPSA) is 133 Å². The second kappa shape index (κ2) is 8.88. The zero-order valence-corrected chi connectivity index (χ0v) is 16.4. The van der Waals surface area contributed by atoms with Crippen molar-refractivity contribution in [2.75, 3.05) is 6.54 Å². The monoisotopic (exact) mass is 413 g/mol. The summed E-state index contributed by atoms with van der Waals surface area (Å²) >= 11 is 5.93. The highest BCUT2D eigenvalue weighted by Crippen LogP contribution is 2.30. The zero-order valence-electron chi connectivity index (χ0n) is 15.7. The average Bonchev–Trinajstić information content (AvgIpc) is 2.68. The fourth-order valence-electron chi connectivity index (χ4n) is 3.46. The van der Waals surface area contributed by atoms with Crippen molar-refractivity contribution < 1.29 is 9.59 Å². The Labute approximate surface area is 172 Å². The molecule has 0 radical (unpaired) electrons. The van der Waals surface area contributed by atoms with E-state index < -0.39 is 18.2 Å². The second-order valence-corrected chi connectivity index (χ2v) is 7.39. The Balaban J connectivity index is 1.99. The molecule has 1 aromatic carbocycles. The van der Waals surface area contributed by atoms with Gasteiger partial charge in [-0.05, 0) is 37.1 Å². The van der Waals surface area contributed by atoms with Crippen LogP contribution in [0, 0.1) is 11.3 Å². The van der Waals surface area contributed by atoms with E-state index in [-0.39, 0.29) is 18.0 Å². The number of carbonyl (C=O) groups is 2. The smallest absolute Gasteiger partial charge is 0.256 e. The van der Waals surface area contributed by atoms with Crippen LogP contribution in [0.2, 0.25) is 5.02 Å². The summed E-state index contributed by atoms with van der Waals surface area (Å²) in [6, 6.07) is 9.06. The molecule has 2 amide bonds. The number of primary amides is 1. The van der Waals surface area contributed by atoms with Gasteiger partial charge in [-0.1, -0.05) is 11.6 Å². The molecular formula is C20H20ClN5O3. The van der Waals surface area contributed by atoms with Crippen molar-refractivity contribution in [1.82, 2.24) is 14.9 Å². The molecule has 29 heavy (non-hydrogen) atoms. The van der Waals surface area contributed by atoms with Crippen LogP contribution in [0.15, 0.2) is 29.1 Å². The number of hydrogen-bond donors (Lipinski definition) is 2. The summed E-state index contributed by atoms with van der Waals surface area (Å²) in [4.78, 5) is 45.2. The molecule has 0 aliphatic carbocycles. The summed E-state index contributed by atoms with van der Waals surface area (Å²) in [6.07, 6.45) is 1.17. The van der Waals surface area contributed by atoms with E-state index in [1.54, 1.807) is 24.3 Å². The number of amides is 2. The molecular weight excluding hydrogens is 394 g/mol. The molecule has 1 aromatic heterocycles. The molecule has 1 unspecified atom stereocenters. The largest absolute Gasteiger partial charge is 0.369 e. The third kappa shape index (κ3) is 4.81. The van der Waals surface area contributed by atoms with E-state index in [1.807, 2.05) is 0 Å². The normalized spacial score (nSPS) is 15.4. The number of carbonyl (C=O) groups excluding carboxylic acids is 2. The molecule has 0 spiro atoms. The lowest BCUT2D eigenvalue weighted by molar-refractivity contribution is -0.136. The molecule has 0 saturated heterocycles. The van der Waals surface area contributed by atoms with Crippen LogP contribution < -0.4 is 11.3 Å². The molecule has 2 aromatic rings. The molecule has 1 atom stereocenters. The van der Waals surface area contributed by atoms with E-state index in [2.05, 4.69) is 16.0 Å². The maximum absolute atomic E-state index is 12.8. The van der Waals surface area contributed by atoms with Crippen LogP contribution in [0.3, 0.4) is 0 Å².